The minimum absolute atomic E-state index is 0.0139. The van der Waals surface area contributed by atoms with Gasteiger partial charge < -0.3 is 4.90 Å². The van der Waals surface area contributed by atoms with Crippen LogP contribution in [0.15, 0.2) is 72.8 Å². The normalized spacial score (nSPS) is 21.8. The Morgan fingerprint density at radius 3 is 2.16 bits per heavy atom. The molecule has 0 aliphatic carbocycles. The Kier molecular flexibility index (Phi) is 7.78. The number of piperazine rings is 1. The number of nitrogens with one attached hydrogen (secondary N) is 1. The van der Waals surface area contributed by atoms with Gasteiger partial charge in [0.2, 0.25) is 11.8 Å². The summed E-state index contributed by atoms with van der Waals surface area (Å²) in [6.07, 6.45) is -4.33. The molecule has 224 valence electrons. The standard InChI is InChI=1S/C32H30F4N4O3/c33-25-16-24-22(18-40(31(24)43)26-11-12-28(41)37-30(26)42)15-23(25)17-38-13-14-39(19-27(38)32(34,35)36)29(20-7-3-1-4-8-20)21-9-5-2-6-10-21/h1-10,15-16,26-27,29H,11-14,17-19H2,(H,37,41,42). The van der Waals surface area contributed by atoms with Crippen LogP contribution >= 0.6 is 0 Å². The zero-order valence-corrected chi connectivity index (χ0v) is 23.2. The molecule has 3 heterocycles. The van der Waals surface area contributed by atoms with Gasteiger partial charge in [0, 0.05) is 50.3 Å². The maximum absolute atomic E-state index is 15.3. The third-order valence-corrected chi connectivity index (χ3v) is 8.56. The number of imide groups is 1. The van der Waals surface area contributed by atoms with E-state index in [9.17, 15) is 27.6 Å². The lowest BCUT2D eigenvalue weighted by Gasteiger charge is -2.45. The molecule has 2 atom stereocenters. The summed E-state index contributed by atoms with van der Waals surface area (Å²) in [5, 5.41) is 2.22. The summed E-state index contributed by atoms with van der Waals surface area (Å²) in [6.45, 7) is -0.190. The molecule has 0 aromatic heterocycles. The zero-order valence-electron chi connectivity index (χ0n) is 23.2. The number of alkyl halides is 3. The second kappa shape index (κ2) is 11.5. The molecule has 2 fully saturated rings. The van der Waals surface area contributed by atoms with E-state index in [1.54, 1.807) is 0 Å². The summed E-state index contributed by atoms with van der Waals surface area (Å²) < 4.78 is 59.0. The first kappa shape index (κ1) is 29.0. The van der Waals surface area contributed by atoms with Gasteiger partial charge in [-0.05, 0) is 35.2 Å². The molecule has 3 aliphatic heterocycles. The van der Waals surface area contributed by atoms with E-state index in [0.717, 1.165) is 17.2 Å². The van der Waals surface area contributed by atoms with Crippen LogP contribution in [-0.2, 0) is 22.7 Å². The van der Waals surface area contributed by atoms with Gasteiger partial charge in [-0.1, -0.05) is 60.7 Å². The number of rotatable bonds is 6. The summed E-state index contributed by atoms with van der Waals surface area (Å²) in [4.78, 5) is 41.3. The lowest BCUT2D eigenvalue weighted by molar-refractivity contribution is -0.200. The van der Waals surface area contributed by atoms with E-state index in [1.165, 1.54) is 15.9 Å². The van der Waals surface area contributed by atoms with E-state index in [1.807, 2.05) is 65.6 Å². The highest BCUT2D eigenvalue weighted by atomic mass is 19.4. The van der Waals surface area contributed by atoms with Gasteiger partial charge in [0.05, 0.1) is 6.04 Å². The molecule has 3 amide bonds. The molecule has 43 heavy (non-hydrogen) atoms. The number of amides is 3. The number of carbonyl (C=O) groups excluding carboxylic acids is 3. The summed E-state index contributed by atoms with van der Waals surface area (Å²) in [7, 11) is 0. The van der Waals surface area contributed by atoms with Gasteiger partial charge >= 0.3 is 6.18 Å². The van der Waals surface area contributed by atoms with Crippen molar-refractivity contribution in [3.8, 4) is 0 Å². The molecule has 1 N–H and O–H groups in total. The maximum Gasteiger partial charge on any atom is 0.405 e. The molecule has 3 aromatic rings. The quantitative estimate of drug-likeness (QED) is 0.338. The van der Waals surface area contributed by atoms with Crippen LogP contribution in [0.2, 0.25) is 0 Å². The van der Waals surface area contributed by atoms with Crippen molar-refractivity contribution in [1.29, 1.82) is 0 Å². The Balaban J connectivity index is 1.23. The van der Waals surface area contributed by atoms with Gasteiger partial charge in [-0.25, -0.2) is 4.39 Å². The molecule has 2 saturated heterocycles. The number of hydrogen-bond acceptors (Lipinski definition) is 5. The predicted molar refractivity (Wildman–Crippen MR) is 149 cm³/mol. The van der Waals surface area contributed by atoms with Crippen LogP contribution in [-0.4, -0.2) is 70.3 Å². The van der Waals surface area contributed by atoms with E-state index >= 15 is 4.39 Å². The molecule has 0 spiro atoms. The van der Waals surface area contributed by atoms with Crippen LogP contribution in [0.25, 0.3) is 0 Å². The van der Waals surface area contributed by atoms with Crippen molar-refractivity contribution >= 4 is 17.7 Å². The molecule has 2 unspecified atom stereocenters. The van der Waals surface area contributed by atoms with Gasteiger partial charge in [0.15, 0.2) is 0 Å². The summed E-state index contributed by atoms with van der Waals surface area (Å²) in [5.74, 6) is -2.32. The van der Waals surface area contributed by atoms with E-state index in [2.05, 4.69) is 5.32 Å². The van der Waals surface area contributed by atoms with Gasteiger partial charge in [-0.3, -0.25) is 29.5 Å². The molecule has 0 bridgehead atoms. The Bertz CT molecular complexity index is 1490. The van der Waals surface area contributed by atoms with E-state index < -0.39 is 41.8 Å². The van der Waals surface area contributed by atoms with Crippen molar-refractivity contribution in [2.75, 3.05) is 19.6 Å². The van der Waals surface area contributed by atoms with Crippen molar-refractivity contribution in [3.63, 3.8) is 0 Å². The molecule has 3 aromatic carbocycles. The average Bonchev–Trinajstić information content (AvgIpc) is 3.29. The highest BCUT2D eigenvalue weighted by molar-refractivity contribution is 6.05. The minimum Gasteiger partial charge on any atom is -0.322 e. The third kappa shape index (κ3) is 5.79. The number of piperidine rings is 1. The van der Waals surface area contributed by atoms with Crippen LogP contribution in [0.4, 0.5) is 17.6 Å². The van der Waals surface area contributed by atoms with Gasteiger partial charge in [0.1, 0.15) is 17.9 Å². The van der Waals surface area contributed by atoms with E-state index in [4.69, 9.17) is 0 Å². The van der Waals surface area contributed by atoms with Crippen molar-refractivity contribution in [2.24, 2.45) is 0 Å². The van der Waals surface area contributed by atoms with Crippen molar-refractivity contribution in [3.05, 3.63) is 106 Å². The summed E-state index contributed by atoms with van der Waals surface area (Å²) in [5.41, 5.74) is 2.36. The maximum atomic E-state index is 15.3. The van der Waals surface area contributed by atoms with Crippen molar-refractivity contribution in [2.45, 2.75) is 50.2 Å². The fourth-order valence-corrected chi connectivity index (χ4v) is 6.44. The van der Waals surface area contributed by atoms with Crippen molar-refractivity contribution in [1.82, 2.24) is 20.0 Å². The first-order valence-electron chi connectivity index (χ1n) is 14.2. The van der Waals surface area contributed by atoms with Crippen LogP contribution < -0.4 is 5.32 Å². The monoisotopic (exact) mass is 594 g/mol. The largest absolute Gasteiger partial charge is 0.405 e. The highest BCUT2D eigenvalue weighted by Gasteiger charge is 2.48. The van der Waals surface area contributed by atoms with Crippen LogP contribution in [0, 0.1) is 5.82 Å². The Hall–Kier alpha value is -4.09. The Labute approximate surface area is 246 Å². The number of hydrogen-bond donors (Lipinski definition) is 1. The van der Waals surface area contributed by atoms with Gasteiger partial charge in [-0.15, -0.1) is 0 Å². The molecule has 0 saturated carbocycles. The molecule has 11 heteroatoms. The number of halogens is 4. The molecular formula is C32H30F4N4O3. The van der Waals surface area contributed by atoms with Gasteiger partial charge in [0.25, 0.3) is 5.91 Å². The van der Waals surface area contributed by atoms with Gasteiger partial charge in [-0.2, -0.15) is 13.2 Å². The number of fused-ring (bicyclic) bond motifs is 1. The highest BCUT2D eigenvalue weighted by Crippen LogP contribution is 2.36. The molecule has 7 nitrogen and oxygen atoms in total. The molecule has 3 aliphatic rings. The molecular weight excluding hydrogens is 564 g/mol. The Morgan fingerprint density at radius 1 is 0.907 bits per heavy atom. The summed E-state index contributed by atoms with van der Waals surface area (Å²) >= 11 is 0. The fraction of sp³-hybridized carbons (Fsp3) is 0.344. The fourth-order valence-electron chi connectivity index (χ4n) is 6.44. The van der Waals surface area contributed by atoms with E-state index in [0.29, 0.717) is 12.1 Å². The number of carbonyl (C=O) groups is 3. The average molecular weight is 595 g/mol. The predicted octanol–water partition coefficient (Wildman–Crippen LogP) is 4.42. The second-order valence-corrected chi connectivity index (χ2v) is 11.2. The topological polar surface area (TPSA) is 73.0 Å². The minimum atomic E-state index is -4.57. The van der Waals surface area contributed by atoms with Crippen LogP contribution in [0.5, 0.6) is 0 Å². The number of benzene rings is 3. The SMILES string of the molecule is O=C1CCC(N2Cc3cc(CN4CCN(C(c5ccccc5)c5ccccc5)CC4C(F)(F)F)c(F)cc3C2=O)C(=O)N1. The smallest absolute Gasteiger partial charge is 0.322 e. The lowest BCUT2D eigenvalue weighted by atomic mass is 9.95. The van der Waals surface area contributed by atoms with Crippen LogP contribution in [0.1, 0.15) is 51.5 Å². The Morgan fingerprint density at radius 2 is 1.56 bits per heavy atom. The van der Waals surface area contributed by atoms with E-state index in [-0.39, 0.29) is 56.2 Å². The zero-order chi connectivity index (χ0) is 30.3. The van der Waals surface area contributed by atoms with Crippen molar-refractivity contribution < 1.29 is 31.9 Å². The number of nitrogens with zero attached hydrogens (tertiary/aromatic N) is 3. The summed E-state index contributed by atoms with van der Waals surface area (Å²) in [6, 6.07) is 18.2. The first-order valence-corrected chi connectivity index (χ1v) is 14.2. The third-order valence-electron chi connectivity index (χ3n) is 8.56. The van der Waals surface area contributed by atoms with Crippen LogP contribution in [0.3, 0.4) is 0 Å². The first-order chi connectivity index (χ1) is 20.6. The molecule has 6 rings (SSSR count). The lowest BCUT2D eigenvalue weighted by Crippen LogP contribution is -2.59. The second-order valence-electron chi connectivity index (χ2n) is 11.2. The molecule has 0 radical (unpaired) electrons.